The molecule has 1 heterocycles. The summed E-state index contributed by atoms with van der Waals surface area (Å²) in [7, 11) is 0. The van der Waals surface area contributed by atoms with E-state index < -0.39 is 5.97 Å². The second kappa shape index (κ2) is 5.60. The van der Waals surface area contributed by atoms with Crippen molar-refractivity contribution in [1.82, 2.24) is 0 Å². The van der Waals surface area contributed by atoms with Gasteiger partial charge in [0.2, 0.25) is 0 Å². The first-order chi connectivity index (χ1) is 6.74. The molecule has 14 heavy (non-hydrogen) atoms. The van der Waals surface area contributed by atoms with Gasteiger partial charge in [-0.1, -0.05) is 12.2 Å². The van der Waals surface area contributed by atoms with Crippen LogP contribution in [0.5, 0.6) is 0 Å². The SMILES string of the molecule is C=CCC=C(CCCC1CO1)C(=O)O. The van der Waals surface area contributed by atoms with E-state index >= 15 is 0 Å². The Kier molecular flexibility index (Phi) is 4.40. The van der Waals surface area contributed by atoms with Gasteiger partial charge in [0.25, 0.3) is 0 Å². The van der Waals surface area contributed by atoms with Crippen molar-refractivity contribution < 1.29 is 14.6 Å². The number of rotatable bonds is 7. The summed E-state index contributed by atoms with van der Waals surface area (Å²) in [6.45, 7) is 4.40. The van der Waals surface area contributed by atoms with Crippen molar-refractivity contribution in [1.29, 1.82) is 0 Å². The highest BCUT2D eigenvalue weighted by atomic mass is 16.6. The first-order valence-electron chi connectivity index (χ1n) is 4.89. The molecule has 0 aromatic heterocycles. The van der Waals surface area contributed by atoms with E-state index in [0.717, 1.165) is 19.4 Å². The van der Waals surface area contributed by atoms with Crippen molar-refractivity contribution in [3.8, 4) is 0 Å². The molecule has 0 radical (unpaired) electrons. The molecule has 1 aliphatic rings. The van der Waals surface area contributed by atoms with Gasteiger partial charge in [-0.2, -0.15) is 0 Å². The molecule has 1 fully saturated rings. The molecule has 0 aromatic carbocycles. The second-order valence-electron chi connectivity index (χ2n) is 3.41. The van der Waals surface area contributed by atoms with Crippen LogP contribution < -0.4 is 0 Å². The van der Waals surface area contributed by atoms with Crippen molar-refractivity contribution >= 4 is 5.97 Å². The third kappa shape index (κ3) is 4.23. The van der Waals surface area contributed by atoms with Crippen molar-refractivity contribution in [3.05, 3.63) is 24.3 Å². The number of aliphatic carboxylic acids is 1. The number of carboxylic acid groups (broad SMARTS) is 1. The Balaban J connectivity index is 2.25. The van der Waals surface area contributed by atoms with Gasteiger partial charge in [-0.3, -0.25) is 0 Å². The Morgan fingerprint density at radius 2 is 2.36 bits per heavy atom. The lowest BCUT2D eigenvalue weighted by Crippen LogP contribution is -2.01. The standard InChI is InChI=1S/C11H16O3/c1-2-3-5-9(11(12)13)6-4-7-10-8-14-10/h2,5,10H,1,3-4,6-8H2,(H,12,13). The molecule has 1 aliphatic heterocycles. The molecule has 1 atom stereocenters. The minimum absolute atomic E-state index is 0.393. The molecule has 0 aromatic rings. The second-order valence-corrected chi connectivity index (χ2v) is 3.41. The highest BCUT2D eigenvalue weighted by Crippen LogP contribution is 2.18. The van der Waals surface area contributed by atoms with E-state index in [9.17, 15) is 4.79 Å². The Labute approximate surface area is 84.1 Å². The van der Waals surface area contributed by atoms with Crippen LogP contribution in [-0.4, -0.2) is 23.8 Å². The predicted molar refractivity (Wildman–Crippen MR) is 54.1 cm³/mol. The van der Waals surface area contributed by atoms with Crippen LogP contribution in [0.25, 0.3) is 0 Å². The fourth-order valence-electron chi connectivity index (χ4n) is 1.28. The fraction of sp³-hybridized carbons (Fsp3) is 0.545. The van der Waals surface area contributed by atoms with Crippen LogP contribution >= 0.6 is 0 Å². The lowest BCUT2D eigenvalue weighted by atomic mass is 10.1. The molecule has 0 spiro atoms. The molecule has 0 bridgehead atoms. The molecule has 0 saturated carbocycles. The summed E-state index contributed by atoms with van der Waals surface area (Å²) in [6, 6.07) is 0. The van der Waals surface area contributed by atoms with Crippen molar-refractivity contribution in [2.45, 2.75) is 31.8 Å². The molecule has 78 valence electrons. The third-order valence-corrected chi connectivity index (χ3v) is 2.18. The molecular formula is C11H16O3. The predicted octanol–water partition coefficient (Wildman–Crippen LogP) is 2.14. The summed E-state index contributed by atoms with van der Waals surface area (Å²) in [5.41, 5.74) is 0.491. The van der Waals surface area contributed by atoms with Crippen LogP contribution in [0, 0.1) is 0 Å². The Bertz CT molecular complexity index is 239. The van der Waals surface area contributed by atoms with Crippen LogP contribution in [0.4, 0.5) is 0 Å². The molecule has 1 rings (SSSR count). The summed E-state index contributed by atoms with van der Waals surface area (Å²) in [4.78, 5) is 10.8. The van der Waals surface area contributed by atoms with Gasteiger partial charge in [0.15, 0.2) is 0 Å². The summed E-state index contributed by atoms with van der Waals surface area (Å²) in [5, 5.41) is 8.85. The van der Waals surface area contributed by atoms with E-state index in [0.29, 0.717) is 24.5 Å². The van der Waals surface area contributed by atoms with Crippen molar-refractivity contribution in [2.75, 3.05) is 6.61 Å². The average Bonchev–Trinajstić information content (AvgIpc) is 2.94. The monoisotopic (exact) mass is 196 g/mol. The van der Waals surface area contributed by atoms with E-state index in [-0.39, 0.29) is 0 Å². The lowest BCUT2D eigenvalue weighted by Gasteiger charge is -2.00. The molecule has 1 saturated heterocycles. The Morgan fingerprint density at radius 3 is 2.86 bits per heavy atom. The molecular weight excluding hydrogens is 180 g/mol. The number of hydrogen-bond acceptors (Lipinski definition) is 2. The number of hydrogen-bond donors (Lipinski definition) is 1. The van der Waals surface area contributed by atoms with Crippen LogP contribution in [0.3, 0.4) is 0 Å². The molecule has 3 nitrogen and oxygen atoms in total. The Hall–Kier alpha value is -1.09. The van der Waals surface area contributed by atoms with Gasteiger partial charge in [0.05, 0.1) is 12.7 Å². The third-order valence-electron chi connectivity index (χ3n) is 2.18. The van der Waals surface area contributed by atoms with Gasteiger partial charge in [0, 0.05) is 5.57 Å². The molecule has 0 amide bonds. The van der Waals surface area contributed by atoms with Crippen molar-refractivity contribution in [3.63, 3.8) is 0 Å². The summed E-state index contributed by atoms with van der Waals surface area (Å²) < 4.78 is 5.05. The lowest BCUT2D eigenvalue weighted by molar-refractivity contribution is -0.132. The minimum atomic E-state index is -0.816. The molecule has 0 aliphatic carbocycles. The number of carbonyl (C=O) groups is 1. The zero-order valence-corrected chi connectivity index (χ0v) is 8.24. The zero-order valence-electron chi connectivity index (χ0n) is 8.24. The average molecular weight is 196 g/mol. The summed E-state index contributed by atoms with van der Waals surface area (Å²) in [5.74, 6) is -0.816. The van der Waals surface area contributed by atoms with E-state index in [1.807, 2.05) is 0 Å². The minimum Gasteiger partial charge on any atom is -0.478 e. The van der Waals surface area contributed by atoms with Crippen LogP contribution in [-0.2, 0) is 9.53 Å². The van der Waals surface area contributed by atoms with E-state index in [4.69, 9.17) is 9.84 Å². The number of carboxylic acids is 1. The van der Waals surface area contributed by atoms with Gasteiger partial charge in [-0.25, -0.2) is 4.79 Å². The molecule has 1 unspecified atom stereocenters. The quantitative estimate of drug-likeness (QED) is 0.385. The maximum Gasteiger partial charge on any atom is 0.331 e. The van der Waals surface area contributed by atoms with Crippen molar-refractivity contribution in [2.24, 2.45) is 0 Å². The smallest absolute Gasteiger partial charge is 0.331 e. The van der Waals surface area contributed by atoms with Gasteiger partial charge in [0.1, 0.15) is 0 Å². The van der Waals surface area contributed by atoms with Crippen LogP contribution in [0.2, 0.25) is 0 Å². The zero-order chi connectivity index (χ0) is 10.4. The number of epoxide rings is 1. The van der Waals surface area contributed by atoms with Crippen LogP contribution in [0.1, 0.15) is 25.7 Å². The normalized spacial score (nSPS) is 20.6. The van der Waals surface area contributed by atoms with Gasteiger partial charge in [-0.05, 0) is 25.7 Å². The number of allylic oxidation sites excluding steroid dienone is 2. The van der Waals surface area contributed by atoms with Crippen LogP contribution in [0.15, 0.2) is 24.3 Å². The first kappa shape index (κ1) is 11.0. The first-order valence-corrected chi connectivity index (χ1v) is 4.89. The Morgan fingerprint density at radius 1 is 1.64 bits per heavy atom. The summed E-state index contributed by atoms with van der Waals surface area (Å²) >= 11 is 0. The topological polar surface area (TPSA) is 49.8 Å². The number of ether oxygens (including phenoxy) is 1. The summed E-state index contributed by atoms with van der Waals surface area (Å²) in [6.07, 6.45) is 6.93. The molecule has 3 heteroatoms. The maximum absolute atomic E-state index is 10.8. The highest BCUT2D eigenvalue weighted by Gasteiger charge is 2.21. The highest BCUT2D eigenvalue weighted by molar-refractivity contribution is 5.86. The van der Waals surface area contributed by atoms with E-state index in [2.05, 4.69) is 6.58 Å². The van der Waals surface area contributed by atoms with E-state index in [1.54, 1.807) is 12.2 Å². The fourth-order valence-corrected chi connectivity index (χ4v) is 1.28. The largest absolute Gasteiger partial charge is 0.478 e. The van der Waals surface area contributed by atoms with E-state index in [1.165, 1.54) is 0 Å². The maximum atomic E-state index is 10.8. The van der Waals surface area contributed by atoms with Gasteiger partial charge in [-0.15, -0.1) is 6.58 Å². The van der Waals surface area contributed by atoms with Gasteiger partial charge < -0.3 is 9.84 Å². The van der Waals surface area contributed by atoms with Gasteiger partial charge >= 0.3 is 5.97 Å². The molecule has 1 N–H and O–H groups in total.